The third-order valence-corrected chi connectivity index (χ3v) is 5.60. The van der Waals surface area contributed by atoms with Crippen molar-refractivity contribution in [2.45, 2.75) is 59.4 Å². The number of carbonyl (C=O) groups excluding carboxylic acids is 1. The first-order valence-corrected chi connectivity index (χ1v) is 10.7. The molecule has 1 atom stereocenters. The molecular formula is C19H31Br2N3O. The van der Waals surface area contributed by atoms with Crippen LogP contribution in [0.15, 0.2) is 21.1 Å². The van der Waals surface area contributed by atoms with Crippen molar-refractivity contribution in [3.8, 4) is 0 Å². The maximum Gasteiger partial charge on any atom is 0.319 e. The molecule has 0 spiro atoms. The number of urea groups is 1. The normalized spacial score (nSPS) is 12.5. The second kappa shape index (κ2) is 11.2. The van der Waals surface area contributed by atoms with Gasteiger partial charge in [0.15, 0.2) is 0 Å². The van der Waals surface area contributed by atoms with Gasteiger partial charge in [0.25, 0.3) is 0 Å². The smallest absolute Gasteiger partial charge is 0.319 e. The lowest BCUT2D eigenvalue weighted by atomic mass is 10.0. The second-order valence-electron chi connectivity index (χ2n) is 6.68. The van der Waals surface area contributed by atoms with Crippen LogP contribution >= 0.6 is 31.9 Å². The number of nitrogens with zero attached hydrogens (tertiary/aromatic N) is 1. The molecule has 0 aromatic heterocycles. The molecule has 0 saturated heterocycles. The Kier molecular flexibility index (Phi) is 10.1. The molecule has 6 heteroatoms. The number of halogens is 2. The van der Waals surface area contributed by atoms with Gasteiger partial charge < -0.3 is 15.5 Å². The Hall–Kier alpha value is -0.590. The molecule has 1 aromatic rings. The molecule has 0 radical (unpaired) electrons. The van der Waals surface area contributed by atoms with Crippen LogP contribution < -0.4 is 10.6 Å². The highest BCUT2D eigenvalue weighted by Gasteiger charge is 2.14. The van der Waals surface area contributed by atoms with Gasteiger partial charge in [0, 0.05) is 15.0 Å². The topological polar surface area (TPSA) is 44.4 Å². The molecule has 1 unspecified atom stereocenters. The number of benzene rings is 1. The summed E-state index contributed by atoms with van der Waals surface area (Å²) in [7, 11) is 0. The molecule has 2 amide bonds. The Labute approximate surface area is 169 Å². The summed E-state index contributed by atoms with van der Waals surface area (Å²) < 4.78 is 1.77. The predicted molar refractivity (Wildman–Crippen MR) is 115 cm³/mol. The standard InChI is InChI=1S/C19H31Br2N3O/c1-6-24(7-2)10-8-9-14(5)22-19(25)23-18-16(20)11-15(13(3)4)12-17(18)21/h11-14H,6-10H2,1-5H3,(H2,22,23,25). The van der Waals surface area contributed by atoms with Crippen molar-refractivity contribution in [2.75, 3.05) is 25.0 Å². The number of hydrogen-bond donors (Lipinski definition) is 2. The summed E-state index contributed by atoms with van der Waals surface area (Å²) in [6.45, 7) is 13.9. The molecule has 2 N–H and O–H groups in total. The molecule has 0 aliphatic carbocycles. The summed E-state index contributed by atoms with van der Waals surface area (Å²) in [6, 6.07) is 4.08. The zero-order valence-corrected chi connectivity index (χ0v) is 19.1. The fourth-order valence-electron chi connectivity index (χ4n) is 2.65. The molecule has 0 bridgehead atoms. The van der Waals surface area contributed by atoms with Crippen molar-refractivity contribution < 1.29 is 4.79 Å². The van der Waals surface area contributed by atoms with Crippen LogP contribution in [0.1, 0.15) is 58.9 Å². The van der Waals surface area contributed by atoms with E-state index in [9.17, 15) is 4.79 Å². The molecule has 0 saturated carbocycles. The third kappa shape index (κ3) is 7.67. The number of rotatable bonds is 9. The first-order valence-electron chi connectivity index (χ1n) is 9.07. The van der Waals surface area contributed by atoms with E-state index in [1.807, 2.05) is 6.92 Å². The summed E-state index contributed by atoms with van der Waals surface area (Å²) in [5.41, 5.74) is 1.98. The van der Waals surface area contributed by atoms with Crippen molar-refractivity contribution in [3.63, 3.8) is 0 Å². The van der Waals surface area contributed by atoms with Crippen LogP contribution in [0.25, 0.3) is 0 Å². The van der Waals surface area contributed by atoms with E-state index >= 15 is 0 Å². The first-order chi connectivity index (χ1) is 11.8. The van der Waals surface area contributed by atoms with Crippen LogP contribution in [0, 0.1) is 0 Å². The fraction of sp³-hybridized carbons (Fsp3) is 0.632. The van der Waals surface area contributed by atoms with Crippen LogP contribution in [0.4, 0.5) is 10.5 Å². The van der Waals surface area contributed by atoms with Gasteiger partial charge in [0.1, 0.15) is 0 Å². The van der Waals surface area contributed by atoms with Crippen LogP contribution in [0.5, 0.6) is 0 Å². The van der Waals surface area contributed by atoms with Crippen molar-refractivity contribution in [1.29, 1.82) is 0 Å². The second-order valence-corrected chi connectivity index (χ2v) is 8.39. The van der Waals surface area contributed by atoms with Gasteiger partial charge >= 0.3 is 6.03 Å². The van der Waals surface area contributed by atoms with E-state index in [1.165, 1.54) is 5.56 Å². The predicted octanol–water partition coefficient (Wildman–Crippen LogP) is 5.97. The molecule has 0 aliphatic rings. The van der Waals surface area contributed by atoms with Crippen molar-refractivity contribution >= 4 is 43.6 Å². The SMILES string of the molecule is CCN(CC)CCCC(C)NC(=O)Nc1c(Br)cc(C(C)C)cc1Br. The maximum absolute atomic E-state index is 12.3. The third-order valence-electron chi connectivity index (χ3n) is 4.35. The van der Waals surface area contributed by atoms with Gasteiger partial charge in [-0.1, -0.05) is 27.7 Å². The van der Waals surface area contributed by atoms with Crippen molar-refractivity contribution in [1.82, 2.24) is 10.2 Å². The summed E-state index contributed by atoms with van der Waals surface area (Å²) >= 11 is 7.11. The van der Waals surface area contributed by atoms with E-state index in [2.05, 4.69) is 87.2 Å². The minimum absolute atomic E-state index is 0.142. The Morgan fingerprint density at radius 2 is 1.68 bits per heavy atom. The Balaban J connectivity index is 2.54. The van der Waals surface area contributed by atoms with Gasteiger partial charge in [-0.15, -0.1) is 0 Å². The Morgan fingerprint density at radius 3 is 2.16 bits per heavy atom. The Morgan fingerprint density at radius 1 is 1.12 bits per heavy atom. The number of nitrogens with one attached hydrogen (secondary N) is 2. The number of anilines is 1. The number of carbonyl (C=O) groups is 1. The van der Waals surface area contributed by atoms with Crippen LogP contribution in [0.2, 0.25) is 0 Å². The van der Waals surface area contributed by atoms with E-state index in [-0.39, 0.29) is 12.1 Å². The molecule has 25 heavy (non-hydrogen) atoms. The van der Waals surface area contributed by atoms with Crippen LogP contribution in [-0.2, 0) is 0 Å². The average Bonchev–Trinajstić information content (AvgIpc) is 2.54. The largest absolute Gasteiger partial charge is 0.335 e. The maximum atomic E-state index is 12.3. The highest BCUT2D eigenvalue weighted by molar-refractivity contribution is 9.11. The summed E-state index contributed by atoms with van der Waals surface area (Å²) in [6.07, 6.45) is 2.05. The molecule has 0 heterocycles. The number of hydrogen-bond acceptors (Lipinski definition) is 2. The molecule has 142 valence electrons. The van der Waals surface area contributed by atoms with E-state index in [1.54, 1.807) is 0 Å². The van der Waals surface area contributed by atoms with Gasteiger partial charge in [-0.05, 0) is 94.9 Å². The lowest BCUT2D eigenvalue weighted by Crippen LogP contribution is -2.37. The van der Waals surface area contributed by atoms with Crippen molar-refractivity contribution in [3.05, 3.63) is 26.6 Å². The van der Waals surface area contributed by atoms with Gasteiger partial charge in [-0.3, -0.25) is 0 Å². The molecule has 4 nitrogen and oxygen atoms in total. The Bertz CT molecular complexity index is 537. The minimum atomic E-state index is -0.172. The summed E-state index contributed by atoms with van der Waals surface area (Å²) in [4.78, 5) is 14.7. The zero-order chi connectivity index (χ0) is 19.0. The zero-order valence-electron chi connectivity index (χ0n) is 16.0. The lowest BCUT2D eigenvalue weighted by Gasteiger charge is -2.20. The highest BCUT2D eigenvalue weighted by atomic mass is 79.9. The van der Waals surface area contributed by atoms with Gasteiger partial charge in [-0.25, -0.2) is 4.79 Å². The van der Waals surface area contributed by atoms with Gasteiger partial charge in [0.05, 0.1) is 5.69 Å². The van der Waals surface area contributed by atoms with Crippen LogP contribution in [0.3, 0.4) is 0 Å². The van der Waals surface area contributed by atoms with E-state index in [4.69, 9.17) is 0 Å². The van der Waals surface area contributed by atoms with E-state index < -0.39 is 0 Å². The molecule has 0 aliphatic heterocycles. The summed E-state index contributed by atoms with van der Waals surface area (Å²) in [5, 5.41) is 5.96. The highest BCUT2D eigenvalue weighted by Crippen LogP contribution is 2.34. The molecule has 0 fully saturated rings. The minimum Gasteiger partial charge on any atom is -0.335 e. The number of amides is 2. The summed E-state index contributed by atoms with van der Waals surface area (Å²) in [5.74, 6) is 0.432. The van der Waals surface area contributed by atoms with E-state index in [0.29, 0.717) is 5.92 Å². The molecule has 1 rings (SSSR count). The van der Waals surface area contributed by atoms with E-state index in [0.717, 1.165) is 47.1 Å². The van der Waals surface area contributed by atoms with Crippen molar-refractivity contribution in [2.24, 2.45) is 0 Å². The van der Waals surface area contributed by atoms with Crippen LogP contribution in [-0.4, -0.2) is 36.6 Å². The average molecular weight is 477 g/mol. The van der Waals surface area contributed by atoms with Gasteiger partial charge in [0.2, 0.25) is 0 Å². The first kappa shape index (κ1) is 22.5. The lowest BCUT2D eigenvalue weighted by molar-refractivity contribution is 0.247. The molecule has 1 aromatic carbocycles. The quantitative estimate of drug-likeness (QED) is 0.461. The van der Waals surface area contributed by atoms with Gasteiger partial charge in [-0.2, -0.15) is 0 Å². The molecular weight excluding hydrogens is 446 g/mol. The monoisotopic (exact) mass is 475 g/mol. The fourth-order valence-corrected chi connectivity index (χ4v) is 4.07.